The monoisotopic (exact) mass is 223 g/mol. The standard InChI is InChI=1S/C11H13NO4/c13-8-2-1-3-9(8)16-10-6-12-5-4-7(10)11(14)15/h4-6,8-9,13H,1-3H2,(H,14,15). The molecule has 1 fully saturated rings. The van der Waals surface area contributed by atoms with Crippen LogP contribution in [0.15, 0.2) is 18.5 Å². The van der Waals surface area contributed by atoms with E-state index in [2.05, 4.69) is 4.98 Å². The summed E-state index contributed by atoms with van der Waals surface area (Å²) in [6, 6.07) is 1.39. The van der Waals surface area contributed by atoms with Gasteiger partial charge in [0.1, 0.15) is 11.7 Å². The fourth-order valence-electron chi connectivity index (χ4n) is 1.86. The molecule has 1 heterocycles. The summed E-state index contributed by atoms with van der Waals surface area (Å²) in [5.74, 6) is -0.828. The van der Waals surface area contributed by atoms with E-state index in [1.165, 1.54) is 18.5 Å². The molecule has 5 heteroatoms. The first-order chi connectivity index (χ1) is 7.68. The summed E-state index contributed by atoms with van der Waals surface area (Å²) < 4.78 is 5.49. The summed E-state index contributed by atoms with van der Waals surface area (Å²) >= 11 is 0. The molecule has 0 radical (unpaired) electrons. The zero-order chi connectivity index (χ0) is 11.5. The normalized spacial score (nSPS) is 24.3. The Balaban J connectivity index is 2.17. The summed E-state index contributed by atoms with van der Waals surface area (Å²) in [5, 5.41) is 18.5. The van der Waals surface area contributed by atoms with Gasteiger partial charge in [-0.2, -0.15) is 0 Å². The maximum Gasteiger partial charge on any atom is 0.339 e. The van der Waals surface area contributed by atoms with Crippen molar-refractivity contribution in [2.45, 2.75) is 31.5 Å². The van der Waals surface area contributed by atoms with Crippen molar-refractivity contribution < 1.29 is 19.7 Å². The first-order valence-corrected chi connectivity index (χ1v) is 5.20. The number of hydrogen-bond donors (Lipinski definition) is 2. The van der Waals surface area contributed by atoms with Crippen molar-refractivity contribution in [1.29, 1.82) is 0 Å². The predicted molar refractivity (Wildman–Crippen MR) is 55.5 cm³/mol. The Bertz CT molecular complexity index is 393. The van der Waals surface area contributed by atoms with Gasteiger partial charge in [-0.25, -0.2) is 4.79 Å². The number of aromatic carboxylic acids is 1. The number of hydrogen-bond acceptors (Lipinski definition) is 4. The van der Waals surface area contributed by atoms with Crippen LogP contribution in [0.3, 0.4) is 0 Å². The summed E-state index contributed by atoms with van der Waals surface area (Å²) in [5.41, 5.74) is 0.0779. The molecule has 1 aliphatic carbocycles. The SMILES string of the molecule is O=C(O)c1ccncc1OC1CCCC1O. The molecule has 2 N–H and O–H groups in total. The van der Waals surface area contributed by atoms with Crippen molar-refractivity contribution in [1.82, 2.24) is 4.98 Å². The lowest BCUT2D eigenvalue weighted by Gasteiger charge is -2.17. The van der Waals surface area contributed by atoms with Crippen molar-refractivity contribution in [3.05, 3.63) is 24.0 Å². The number of carboxylic acid groups (broad SMARTS) is 1. The molecule has 0 aromatic carbocycles. The van der Waals surface area contributed by atoms with Crippen molar-refractivity contribution in [3.8, 4) is 5.75 Å². The van der Waals surface area contributed by atoms with Crippen LogP contribution in [0, 0.1) is 0 Å². The van der Waals surface area contributed by atoms with Crippen molar-refractivity contribution in [2.24, 2.45) is 0 Å². The van der Waals surface area contributed by atoms with Crippen molar-refractivity contribution in [2.75, 3.05) is 0 Å². The van der Waals surface area contributed by atoms with E-state index in [0.29, 0.717) is 6.42 Å². The lowest BCUT2D eigenvalue weighted by molar-refractivity contribution is 0.0558. The first-order valence-electron chi connectivity index (χ1n) is 5.20. The summed E-state index contributed by atoms with van der Waals surface area (Å²) in [7, 11) is 0. The number of aliphatic hydroxyl groups is 1. The van der Waals surface area contributed by atoms with Crippen LogP contribution in [0.1, 0.15) is 29.6 Å². The van der Waals surface area contributed by atoms with Crippen molar-refractivity contribution >= 4 is 5.97 Å². The van der Waals surface area contributed by atoms with E-state index in [1.54, 1.807) is 0 Å². The predicted octanol–water partition coefficient (Wildman–Crippen LogP) is 1.07. The number of rotatable bonds is 3. The van der Waals surface area contributed by atoms with Crippen LogP contribution < -0.4 is 4.74 Å². The molecule has 1 aromatic heterocycles. The summed E-state index contributed by atoms with van der Waals surface area (Å²) in [4.78, 5) is 14.7. The van der Waals surface area contributed by atoms with Crippen LogP contribution >= 0.6 is 0 Å². The third-order valence-electron chi connectivity index (χ3n) is 2.71. The van der Waals surface area contributed by atoms with Crippen LogP contribution in [0.4, 0.5) is 0 Å². The molecule has 1 saturated carbocycles. The Morgan fingerprint density at radius 2 is 2.31 bits per heavy atom. The molecule has 0 bridgehead atoms. The van der Waals surface area contributed by atoms with Gasteiger partial charge in [-0.1, -0.05) is 0 Å². The van der Waals surface area contributed by atoms with E-state index >= 15 is 0 Å². The van der Waals surface area contributed by atoms with Gasteiger partial charge in [0.15, 0.2) is 5.75 Å². The number of carbonyl (C=O) groups is 1. The van der Waals surface area contributed by atoms with E-state index in [4.69, 9.17) is 9.84 Å². The molecule has 0 saturated heterocycles. The largest absolute Gasteiger partial charge is 0.485 e. The molecule has 2 rings (SSSR count). The van der Waals surface area contributed by atoms with Gasteiger partial charge in [-0.15, -0.1) is 0 Å². The van der Waals surface area contributed by atoms with Crippen LogP contribution in [0.25, 0.3) is 0 Å². The second-order valence-electron chi connectivity index (χ2n) is 3.83. The van der Waals surface area contributed by atoms with Crippen LogP contribution in [0.2, 0.25) is 0 Å². The van der Waals surface area contributed by atoms with E-state index < -0.39 is 12.1 Å². The first kappa shape index (κ1) is 10.9. The minimum absolute atomic E-state index is 0.0779. The molecular weight excluding hydrogens is 210 g/mol. The van der Waals surface area contributed by atoms with E-state index in [9.17, 15) is 9.90 Å². The number of ether oxygens (including phenoxy) is 1. The second-order valence-corrected chi connectivity index (χ2v) is 3.83. The third-order valence-corrected chi connectivity index (χ3v) is 2.71. The second kappa shape index (κ2) is 4.49. The molecule has 1 aliphatic rings. The molecule has 2 atom stereocenters. The maximum absolute atomic E-state index is 10.9. The minimum Gasteiger partial charge on any atom is -0.485 e. The highest BCUT2D eigenvalue weighted by Gasteiger charge is 2.28. The van der Waals surface area contributed by atoms with Gasteiger partial charge in [0.2, 0.25) is 0 Å². The highest BCUT2D eigenvalue weighted by molar-refractivity contribution is 5.90. The average Bonchev–Trinajstić information content (AvgIpc) is 2.65. The zero-order valence-corrected chi connectivity index (χ0v) is 8.67. The molecule has 5 nitrogen and oxygen atoms in total. The molecular formula is C11H13NO4. The van der Waals surface area contributed by atoms with E-state index in [1.807, 2.05) is 0 Å². The fourth-order valence-corrected chi connectivity index (χ4v) is 1.86. The van der Waals surface area contributed by atoms with Crippen LogP contribution in [0.5, 0.6) is 5.75 Å². The van der Waals surface area contributed by atoms with Crippen LogP contribution in [-0.2, 0) is 0 Å². The number of carboxylic acids is 1. The Hall–Kier alpha value is -1.62. The van der Waals surface area contributed by atoms with E-state index in [-0.39, 0.29) is 17.4 Å². The summed E-state index contributed by atoms with van der Waals surface area (Å²) in [6.45, 7) is 0. The zero-order valence-electron chi connectivity index (χ0n) is 8.67. The minimum atomic E-state index is -1.05. The van der Waals surface area contributed by atoms with Gasteiger partial charge in [0, 0.05) is 6.20 Å². The van der Waals surface area contributed by atoms with Gasteiger partial charge in [-0.05, 0) is 25.3 Å². The van der Waals surface area contributed by atoms with Gasteiger partial charge < -0.3 is 14.9 Å². The van der Waals surface area contributed by atoms with Crippen molar-refractivity contribution in [3.63, 3.8) is 0 Å². The maximum atomic E-state index is 10.9. The van der Waals surface area contributed by atoms with Gasteiger partial charge in [-0.3, -0.25) is 4.98 Å². The molecule has 1 aromatic rings. The van der Waals surface area contributed by atoms with Gasteiger partial charge in [0.05, 0.1) is 12.3 Å². The Kier molecular flexibility index (Phi) is 3.05. The fraction of sp³-hybridized carbons (Fsp3) is 0.455. The Morgan fingerprint density at radius 1 is 1.50 bits per heavy atom. The highest BCUT2D eigenvalue weighted by atomic mass is 16.5. The highest BCUT2D eigenvalue weighted by Crippen LogP contribution is 2.26. The molecule has 0 amide bonds. The van der Waals surface area contributed by atoms with Gasteiger partial charge >= 0.3 is 5.97 Å². The lowest BCUT2D eigenvalue weighted by Crippen LogP contribution is -2.26. The lowest BCUT2D eigenvalue weighted by atomic mass is 10.2. The average molecular weight is 223 g/mol. The number of aromatic nitrogens is 1. The molecule has 0 spiro atoms. The third kappa shape index (κ3) is 2.14. The van der Waals surface area contributed by atoms with Gasteiger partial charge in [0.25, 0.3) is 0 Å². The topological polar surface area (TPSA) is 79.7 Å². The number of aliphatic hydroxyl groups excluding tert-OH is 1. The molecule has 0 aliphatic heterocycles. The number of nitrogens with zero attached hydrogens (tertiary/aromatic N) is 1. The Labute approximate surface area is 92.7 Å². The Morgan fingerprint density at radius 3 is 2.94 bits per heavy atom. The summed E-state index contributed by atoms with van der Waals surface area (Å²) in [6.07, 6.45) is 4.29. The number of pyridine rings is 1. The smallest absolute Gasteiger partial charge is 0.339 e. The van der Waals surface area contributed by atoms with E-state index in [0.717, 1.165) is 12.8 Å². The quantitative estimate of drug-likeness (QED) is 0.801. The molecule has 2 unspecified atom stereocenters. The molecule has 16 heavy (non-hydrogen) atoms. The van der Waals surface area contributed by atoms with Crippen LogP contribution in [-0.4, -0.2) is 33.4 Å². The molecule has 86 valence electrons.